The lowest BCUT2D eigenvalue weighted by Gasteiger charge is -2.46. The Balaban J connectivity index is 2.23. The van der Waals surface area contributed by atoms with Crippen molar-refractivity contribution in [1.29, 1.82) is 5.26 Å². The minimum atomic E-state index is -0.642. The summed E-state index contributed by atoms with van der Waals surface area (Å²) >= 11 is 7.00. The van der Waals surface area contributed by atoms with E-state index in [0.717, 1.165) is 0 Å². The smallest absolute Gasteiger partial charge is 0.331 e. The highest BCUT2D eigenvalue weighted by Gasteiger charge is 2.70. The summed E-state index contributed by atoms with van der Waals surface area (Å²) in [6.07, 6.45) is 0. The molecule has 1 amide bonds. The van der Waals surface area contributed by atoms with Gasteiger partial charge in [-0.25, -0.2) is 4.79 Å². The highest BCUT2D eigenvalue weighted by Crippen LogP contribution is 2.60. The molecule has 0 N–H and O–H groups in total. The number of ether oxygens (including phenoxy) is 1. The highest BCUT2D eigenvalue weighted by atomic mass is 127. The van der Waals surface area contributed by atoms with E-state index in [9.17, 15) is 9.59 Å². The first-order valence-electron chi connectivity index (χ1n) is 5.15. The summed E-state index contributed by atoms with van der Waals surface area (Å²) in [7, 11) is 0. The van der Waals surface area contributed by atoms with Gasteiger partial charge in [-0.2, -0.15) is 5.26 Å². The number of β-lactam (4-membered cyclic amide) rings is 1. The van der Waals surface area contributed by atoms with E-state index in [1.54, 1.807) is 22.7 Å². The summed E-state index contributed by atoms with van der Waals surface area (Å²) in [5.74, 6) is -0.630. The van der Waals surface area contributed by atoms with E-state index in [0.29, 0.717) is 0 Å². The van der Waals surface area contributed by atoms with Gasteiger partial charge in [-0.05, 0) is 13.8 Å². The predicted octanol–water partition coefficient (Wildman–Crippen LogP) is 1.64. The number of esters is 1. The molecule has 98 valence electrons. The zero-order valence-corrected chi connectivity index (χ0v) is 14.2. The molecule has 0 radical (unpaired) electrons. The minimum Gasteiger partial charge on any atom is -0.449 e. The van der Waals surface area contributed by atoms with E-state index in [-0.39, 0.29) is 17.9 Å². The number of fused-ring (bicyclic) bond motifs is 1. The van der Waals surface area contributed by atoms with Crippen molar-refractivity contribution in [3.8, 4) is 6.07 Å². The van der Waals surface area contributed by atoms with Crippen molar-refractivity contribution in [3.05, 3.63) is 0 Å². The number of thioether (sulfide) groups is 1. The lowest BCUT2D eigenvalue weighted by atomic mass is 9.98. The van der Waals surface area contributed by atoms with Crippen molar-refractivity contribution < 1.29 is 14.3 Å². The van der Waals surface area contributed by atoms with Crippen LogP contribution >= 0.6 is 50.3 Å². The standard InChI is InChI=1S/C10H10BrIN2O3S/c1-9(2)5(6(15)17-4-3-13)14-7(16)10(11,12)8(14)18-9/h5,8H,4H2,1-2H3/t5-,8+,10?/m0/s1. The van der Waals surface area contributed by atoms with Crippen LogP contribution in [0.5, 0.6) is 0 Å². The van der Waals surface area contributed by atoms with Gasteiger partial charge in [-0.3, -0.25) is 4.79 Å². The van der Waals surface area contributed by atoms with Crippen LogP contribution in [0.4, 0.5) is 0 Å². The Morgan fingerprint density at radius 1 is 1.72 bits per heavy atom. The maximum atomic E-state index is 12.0. The molecule has 0 aromatic heterocycles. The van der Waals surface area contributed by atoms with E-state index in [2.05, 4.69) is 15.9 Å². The van der Waals surface area contributed by atoms with Crippen LogP contribution in [-0.2, 0) is 14.3 Å². The van der Waals surface area contributed by atoms with Crippen LogP contribution in [0.2, 0.25) is 0 Å². The monoisotopic (exact) mass is 444 g/mol. The van der Waals surface area contributed by atoms with Gasteiger partial charge in [-0.1, -0.05) is 38.5 Å². The molecule has 2 saturated heterocycles. The number of hydrogen-bond donors (Lipinski definition) is 0. The molecule has 0 spiro atoms. The Morgan fingerprint density at radius 2 is 2.33 bits per heavy atom. The number of nitriles is 1. The summed E-state index contributed by atoms with van der Waals surface area (Å²) in [5, 5.41) is 8.35. The highest BCUT2D eigenvalue weighted by molar-refractivity contribution is 14.1. The third kappa shape index (κ3) is 1.94. The molecule has 0 bridgehead atoms. The minimum absolute atomic E-state index is 0.0831. The van der Waals surface area contributed by atoms with Gasteiger partial charge in [0.05, 0.1) is 0 Å². The number of carbonyl (C=O) groups excluding carboxylic acids is 2. The van der Waals surface area contributed by atoms with Gasteiger partial charge in [0.1, 0.15) is 17.5 Å². The predicted molar refractivity (Wildman–Crippen MR) is 78.3 cm³/mol. The van der Waals surface area contributed by atoms with Gasteiger partial charge in [0.25, 0.3) is 5.91 Å². The normalized spacial score (nSPS) is 36.6. The lowest BCUT2D eigenvalue weighted by Crippen LogP contribution is -2.68. The van der Waals surface area contributed by atoms with Crippen molar-refractivity contribution in [2.45, 2.75) is 32.3 Å². The summed E-state index contributed by atoms with van der Waals surface area (Å²) in [5.41, 5.74) is 0. The average molecular weight is 445 g/mol. The Morgan fingerprint density at radius 3 is 2.89 bits per heavy atom. The van der Waals surface area contributed by atoms with Crippen molar-refractivity contribution >= 4 is 62.2 Å². The van der Waals surface area contributed by atoms with Crippen molar-refractivity contribution in [2.24, 2.45) is 0 Å². The number of hydrogen-bond acceptors (Lipinski definition) is 5. The molecule has 2 fully saturated rings. The second-order valence-electron chi connectivity index (χ2n) is 4.58. The van der Waals surface area contributed by atoms with Crippen LogP contribution in [0.25, 0.3) is 0 Å². The van der Waals surface area contributed by atoms with Crippen LogP contribution in [-0.4, -0.2) is 41.9 Å². The quantitative estimate of drug-likeness (QED) is 0.280. The van der Waals surface area contributed by atoms with Gasteiger partial charge < -0.3 is 9.64 Å². The summed E-state index contributed by atoms with van der Waals surface area (Å²) in [4.78, 5) is 25.5. The number of rotatable bonds is 2. The third-order valence-electron chi connectivity index (χ3n) is 2.94. The molecule has 0 saturated carbocycles. The Kier molecular flexibility index (Phi) is 3.62. The Hall–Kier alpha value is -0.0100. The molecule has 2 rings (SSSR count). The van der Waals surface area contributed by atoms with E-state index in [1.807, 2.05) is 36.4 Å². The lowest BCUT2D eigenvalue weighted by molar-refractivity contribution is -0.160. The third-order valence-corrected chi connectivity index (χ3v) is 7.12. The SMILES string of the molecule is CC1(C)S[C@H]2N(C(=O)C2(Br)I)[C@H]1C(=O)OCC#N. The number of nitrogens with zero attached hydrogens (tertiary/aromatic N) is 2. The first-order valence-corrected chi connectivity index (χ1v) is 7.90. The first-order chi connectivity index (χ1) is 8.23. The van der Waals surface area contributed by atoms with E-state index >= 15 is 0 Å². The van der Waals surface area contributed by atoms with Gasteiger partial charge in [-0.15, -0.1) is 11.8 Å². The van der Waals surface area contributed by atoms with Crippen molar-refractivity contribution in [1.82, 2.24) is 4.90 Å². The maximum Gasteiger partial charge on any atom is 0.331 e. The summed E-state index contributed by atoms with van der Waals surface area (Å²) in [6, 6.07) is 1.13. The molecule has 1 unspecified atom stereocenters. The van der Waals surface area contributed by atoms with Crippen LogP contribution < -0.4 is 0 Å². The van der Waals surface area contributed by atoms with Gasteiger partial charge in [0.2, 0.25) is 0 Å². The molecule has 2 aliphatic heterocycles. The molecule has 2 heterocycles. The number of alkyl halides is 2. The molecule has 5 nitrogen and oxygen atoms in total. The molecular formula is C10H10BrIN2O3S. The van der Waals surface area contributed by atoms with E-state index in [4.69, 9.17) is 10.00 Å². The maximum absolute atomic E-state index is 12.0. The molecule has 18 heavy (non-hydrogen) atoms. The van der Waals surface area contributed by atoms with Gasteiger partial charge >= 0.3 is 5.97 Å². The van der Waals surface area contributed by atoms with Crippen LogP contribution in [0.3, 0.4) is 0 Å². The molecule has 3 atom stereocenters. The van der Waals surface area contributed by atoms with E-state index < -0.39 is 19.1 Å². The van der Waals surface area contributed by atoms with Crippen molar-refractivity contribution in [3.63, 3.8) is 0 Å². The molecule has 8 heteroatoms. The zero-order valence-electron chi connectivity index (χ0n) is 9.65. The number of halogens is 2. The fourth-order valence-corrected chi connectivity index (χ4v) is 5.30. The Labute approximate surface area is 131 Å². The fourth-order valence-electron chi connectivity index (χ4n) is 2.14. The van der Waals surface area contributed by atoms with Crippen LogP contribution in [0.15, 0.2) is 0 Å². The second kappa shape index (κ2) is 4.52. The van der Waals surface area contributed by atoms with Gasteiger partial charge in [0, 0.05) is 4.75 Å². The summed E-state index contributed by atoms with van der Waals surface area (Å²) < 4.78 is 3.79. The number of carbonyl (C=O) groups is 2. The number of amides is 1. The van der Waals surface area contributed by atoms with Gasteiger partial charge in [0.15, 0.2) is 8.94 Å². The Bertz CT molecular complexity index is 463. The largest absolute Gasteiger partial charge is 0.449 e. The molecule has 0 aromatic carbocycles. The first kappa shape index (κ1) is 14.4. The molecule has 0 aromatic rings. The molecule has 0 aliphatic carbocycles. The van der Waals surface area contributed by atoms with Crippen molar-refractivity contribution in [2.75, 3.05) is 6.61 Å². The van der Waals surface area contributed by atoms with E-state index in [1.165, 1.54) is 0 Å². The molecule has 2 aliphatic rings. The molecular weight excluding hydrogens is 435 g/mol. The van der Waals surface area contributed by atoms with Crippen LogP contribution in [0.1, 0.15) is 13.8 Å². The average Bonchev–Trinajstić information content (AvgIpc) is 2.56. The summed E-state index contributed by atoms with van der Waals surface area (Å²) in [6.45, 7) is 3.52. The topological polar surface area (TPSA) is 70.4 Å². The zero-order chi connectivity index (χ0) is 13.7. The second-order valence-corrected chi connectivity index (χ2v) is 10.7. The fraction of sp³-hybridized carbons (Fsp3) is 0.700. The van der Waals surface area contributed by atoms with Crippen LogP contribution in [0, 0.1) is 11.3 Å².